The Morgan fingerprint density at radius 3 is 1.78 bits per heavy atom. The molecule has 0 unspecified atom stereocenters. The molecule has 0 aromatic heterocycles. The summed E-state index contributed by atoms with van der Waals surface area (Å²) in [6, 6.07) is 39.6. The van der Waals surface area contributed by atoms with Crippen molar-refractivity contribution in [3.8, 4) is 11.1 Å². The smallest absolute Gasteiger partial charge is 0.423 e. The van der Waals surface area contributed by atoms with Crippen LogP contribution in [0.15, 0.2) is 115 Å². The first-order valence-electron chi connectivity index (χ1n) is 10.9. The van der Waals surface area contributed by atoms with Crippen LogP contribution in [0, 0.1) is 0 Å². The van der Waals surface area contributed by atoms with Crippen LogP contribution in [0.4, 0.5) is 0 Å². The van der Waals surface area contributed by atoms with Crippen molar-refractivity contribution in [1.29, 1.82) is 0 Å². The molecule has 0 heterocycles. The maximum absolute atomic E-state index is 10.6. The van der Waals surface area contributed by atoms with Gasteiger partial charge in [-0.2, -0.15) is 0 Å². The molecule has 152 valence electrons. The van der Waals surface area contributed by atoms with Crippen molar-refractivity contribution in [2.24, 2.45) is 0 Å². The summed E-state index contributed by atoms with van der Waals surface area (Å²) in [6.45, 7) is 0. The lowest BCUT2D eigenvalue weighted by Gasteiger charge is -2.34. The molecule has 2 nitrogen and oxygen atoms in total. The molecule has 0 bridgehead atoms. The Hall–Kier alpha value is -3.66. The van der Waals surface area contributed by atoms with Gasteiger partial charge in [0.05, 0.1) is 5.41 Å². The fourth-order valence-corrected chi connectivity index (χ4v) is 5.57. The Kier molecular flexibility index (Phi) is 4.29. The normalized spacial score (nSPS) is 13.6. The topological polar surface area (TPSA) is 40.5 Å². The van der Waals surface area contributed by atoms with E-state index in [-0.39, 0.29) is 0 Å². The van der Waals surface area contributed by atoms with Crippen molar-refractivity contribution in [3.05, 3.63) is 138 Å². The molecule has 1 aliphatic carbocycles. The summed E-state index contributed by atoms with van der Waals surface area (Å²) < 4.78 is 0. The van der Waals surface area contributed by atoms with Crippen LogP contribution in [0.2, 0.25) is 0 Å². The van der Waals surface area contributed by atoms with Crippen LogP contribution in [-0.2, 0) is 5.41 Å². The third-order valence-corrected chi connectivity index (χ3v) is 6.77. The number of rotatable bonds is 3. The highest BCUT2D eigenvalue weighted by Crippen LogP contribution is 2.56. The van der Waals surface area contributed by atoms with E-state index in [1.165, 1.54) is 0 Å². The molecule has 0 radical (unpaired) electrons. The van der Waals surface area contributed by atoms with Crippen LogP contribution >= 0.6 is 0 Å². The average Bonchev–Trinajstić information content (AvgIpc) is 3.14. The molecule has 3 heteroatoms. The van der Waals surface area contributed by atoms with Gasteiger partial charge in [0.15, 0.2) is 0 Å². The molecule has 5 aromatic rings. The minimum atomic E-state index is -1.58. The van der Waals surface area contributed by atoms with Gasteiger partial charge in [0.1, 0.15) is 0 Å². The number of hydrogen-bond acceptors (Lipinski definition) is 2. The van der Waals surface area contributed by atoms with Gasteiger partial charge >= 0.3 is 7.12 Å². The molecule has 32 heavy (non-hydrogen) atoms. The minimum Gasteiger partial charge on any atom is -0.423 e. The molecular weight excluding hydrogens is 391 g/mol. The first-order valence-corrected chi connectivity index (χ1v) is 10.9. The van der Waals surface area contributed by atoms with Crippen molar-refractivity contribution in [2.45, 2.75) is 5.41 Å². The fourth-order valence-electron chi connectivity index (χ4n) is 5.57. The highest BCUT2D eigenvalue weighted by Gasteiger charge is 2.47. The van der Waals surface area contributed by atoms with Gasteiger partial charge in [0, 0.05) is 0 Å². The highest BCUT2D eigenvalue weighted by atomic mass is 16.4. The molecular formula is C29H21BO2. The Morgan fingerprint density at radius 1 is 0.562 bits per heavy atom. The molecule has 2 N–H and O–H groups in total. The van der Waals surface area contributed by atoms with Gasteiger partial charge in [-0.3, -0.25) is 0 Å². The maximum atomic E-state index is 10.6. The predicted molar refractivity (Wildman–Crippen MR) is 131 cm³/mol. The van der Waals surface area contributed by atoms with E-state index < -0.39 is 12.5 Å². The molecule has 0 atom stereocenters. The molecule has 0 saturated heterocycles. The summed E-state index contributed by atoms with van der Waals surface area (Å²) in [5.74, 6) is 0. The first kappa shape index (κ1) is 19.1. The second-order valence-corrected chi connectivity index (χ2v) is 8.34. The van der Waals surface area contributed by atoms with Crippen LogP contribution in [0.5, 0.6) is 0 Å². The Labute approximate surface area is 187 Å². The predicted octanol–water partition coefficient (Wildman–Crippen LogP) is 4.88. The molecule has 0 spiro atoms. The van der Waals surface area contributed by atoms with Gasteiger partial charge in [0.2, 0.25) is 0 Å². The maximum Gasteiger partial charge on any atom is 0.489 e. The Bertz CT molecular complexity index is 1400. The van der Waals surface area contributed by atoms with Crippen molar-refractivity contribution >= 4 is 23.4 Å². The van der Waals surface area contributed by atoms with Crippen molar-refractivity contribution in [1.82, 2.24) is 0 Å². The van der Waals surface area contributed by atoms with Crippen molar-refractivity contribution in [3.63, 3.8) is 0 Å². The zero-order chi connectivity index (χ0) is 21.7. The van der Waals surface area contributed by atoms with Gasteiger partial charge < -0.3 is 10.0 Å². The molecule has 1 aliphatic rings. The quantitative estimate of drug-likeness (QED) is 0.407. The third kappa shape index (κ3) is 2.50. The zero-order valence-corrected chi connectivity index (χ0v) is 17.4. The van der Waals surface area contributed by atoms with Crippen molar-refractivity contribution in [2.75, 3.05) is 0 Å². The van der Waals surface area contributed by atoms with E-state index >= 15 is 0 Å². The van der Waals surface area contributed by atoms with Crippen LogP contribution < -0.4 is 5.46 Å². The molecule has 0 saturated carbocycles. The van der Waals surface area contributed by atoms with Gasteiger partial charge in [-0.1, -0.05) is 109 Å². The summed E-state index contributed by atoms with van der Waals surface area (Å²) in [5, 5.41) is 23.0. The summed E-state index contributed by atoms with van der Waals surface area (Å²) in [6.07, 6.45) is 0. The zero-order valence-electron chi connectivity index (χ0n) is 17.4. The summed E-state index contributed by atoms with van der Waals surface area (Å²) in [5.41, 5.74) is 6.53. The first-order chi connectivity index (χ1) is 15.7. The second-order valence-electron chi connectivity index (χ2n) is 8.34. The van der Waals surface area contributed by atoms with E-state index in [2.05, 4.69) is 72.8 Å². The van der Waals surface area contributed by atoms with E-state index in [1.807, 2.05) is 42.5 Å². The van der Waals surface area contributed by atoms with Crippen LogP contribution in [0.25, 0.3) is 21.9 Å². The highest BCUT2D eigenvalue weighted by molar-refractivity contribution is 6.64. The molecule has 5 aromatic carbocycles. The summed E-state index contributed by atoms with van der Waals surface area (Å²) >= 11 is 0. The van der Waals surface area contributed by atoms with E-state index in [0.29, 0.717) is 5.46 Å². The van der Waals surface area contributed by atoms with E-state index in [1.54, 1.807) is 0 Å². The largest absolute Gasteiger partial charge is 0.489 e. The van der Waals surface area contributed by atoms with Gasteiger partial charge in [-0.25, -0.2) is 0 Å². The average molecular weight is 412 g/mol. The van der Waals surface area contributed by atoms with Gasteiger partial charge in [-0.15, -0.1) is 0 Å². The Balaban J connectivity index is 1.88. The Morgan fingerprint density at radius 2 is 1.12 bits per heavy atom. The van der Waals surface area contributed by atoms with E-state index in [0.717, 1.165) is 44.2 Å². The summed E-state index contributed by atoms with van der Waals surface area (Å²) in [4.78, 5) is 0. The lowest BCUT2D eigenvalue weighted by Crippen LogP contribution is -2.34. The van der Waals surface area contributed by atoms with Crippen LogP contribution in [0.1, 0.15) is 22.3 Å². The summed E-state index contributed by atoms with van der Waals surface area (Å²) in [7, 11) is -1.58. The minimum absolute atomic E-state index is 0.553. The SMILES string of the molecule is OB(O)c1c2c(cc3ccccc13)C(c1ccccc1)(c1ccccc1)c1ccccc1-2. The lowest BCUT2D eigenvalue weighted by molar-refractivity contribution is 0.426. The third-order valence-electron chi connectivity index (χ3n) is 6.77. The molecule has 0 fully saturated rings. The number of fused-ring (bicyclic) bond motifs is 4. The number of benzene rings is 5. The van der Waals surface area contributed by atoms with Crippen LogP contribution in [0.3, 0.4) is 0 Å². The van der Waals surface area contributed by atoms with Gasteiger partial charge in [-0.05, 0) is 55.7 Å². The monoisotopic (exact) mass is 412 g/mol. The molecule has 0 aliphatic heterocycles. The van der Waals surface area contributed by atoms with Crippen LogP contribution in [-0.4, -0.2) is 17.2 Å². The fraction of sp³-hybridized carbons (Fsp3) is 0.0345. The number of hydrogen-bond donors (Lipinski definition) is 2. The lowest BCUT2D eigenvalue weighted by atomic mass is 9.66. The molecule has 0 amide bonds. The molecule has 6 rings (SSSR count). The van der Waals surface area contributed by atoms with Gasteiger partial charge in [0.25, 0.3) is 0 Å². The van der Waals surface area contributed by atoms with Crippen molar-refractivity contribution < 1.29 is 10.0 Å². The standard InChI is InChI=1S/C29H21BO2/c31-30(32)28-23-16-8-7-11-20(23)19-26-27(28)24-17-9-10-18-25(24)29(26,21-12-3-1-4-13-21)22-14-5-2-6-15-22/h1-19,31-32H. The van der Waals surface area contributed by atoms with E-state index in [4.69, 9.17) is 0 Å². The second kappa shape index (κ2) is 7.20. The van der Waals surface area contributed by atoms with E-state index in [9.17, 15) is 10.0 Å².